The van der Waals surface area contributed by atoms with E-state index in [-0.39, 0.29) is 12.0 Å². The molecule has 5 heteroatoms. The number of aryl methyl sites for hydroxylation is 1. The number of aliphatic carboxylic acids is 1. The van der Waals surface area contributed by atoms with Crippen LogP contribution in [0, 0.1) is 11.6 Å². The molecular formula is C16H12F2O3. The van der Waals surface area contributed by atoms with Crippen molar-refractivity contribution in [1.29, 1.82) is 0 Å². The van der Waals surface area contributed by atoms with Crippen LogP contribution in [0.5, 0.6) is 0 Å². The molecule has 0 bridgehead atoms. The molecule has 0 amide bonds. The molecule has 108 valence electrons. The molecule has 0 aliphatic carbocycles. The van der Waals surface area contributed by atoms with Crippen molar-refractivity contribution in [2.75, 3.05) is 0 Å². The van der Waals surface area contributed by atoms with Crippen molar-refractivity contribution in [2.24, 2.45) is 0 Å². The van der Waals surface area contributed by atoms with Crippen molar-refractivity contribution in [1.82, 2.24) is 0 Å². The van der Waals surface area contributed by atoms with Gasteiger partial charge in [-0.1, -0.05) is 30.3 Å². The maximum Gasteiger partial charge on any atom is 0.303 e. The highest BCUT2D eigenvalue weighted by atomic mass is 19.1. The minimum Gasteiger partial charge on any atom is -0.481 e. The van der Waals surface area contributed by atoms with E-state index in [4.69, 9.17) is 5.11 Å². The summed E-state index contributed by atoms with van der Waals surface area (Å²) in [6.45, 7) is 0. The summed E-state index contributed by atoms with van der Waals surface area (Å²) in [7, 11) is 0. The molecule has 0 aliphatic heterocycles. The number of carboxylic acid groups (broad SMARTS) is 1. The number of ketones is 1. The first-order chi connectivity index (χ1) is 9.99. The Kier molecular flexibility index (Phi) is 4.42. The molecule has 21 heavy (non-hydrogen) atoms. The first-order valence-corrected chi connectivity index (χ1v) is 6.28. The molecule has 0 atom stereocenters. The smallest absolute Gasteiger partial charge is 0.303 e. The lowest BCUT2D eigenvalue weighted by atomic mass is 10.00. The van der Waals surface area contributed by atoms with Crippen LogP contribution in [-0.2, 0) is 11.2 Å². The first-order valence-electron chi connectivity index (χ1n) is 6.28. The summed E-state index contributed by atoms with van der Waals surface area (Å²) in [4.78, 5) is 22.6. The molecular weight excluding hydrogens is 278 g/mol. The third kappa shape index (κ3) is 3.51. The van der Waals surface area contributed by atoms with Gasteiger partial charge in [0.2, 0.25) is 0 Å². The standard InChI is InChI=1S/C16H12F2O3/c17-12-2-1-3-13(18)15(12)16(21)11-7-4-10(5-8-11)6-9-14(19)20/h1-5,7-8H,6,9H2,(H,19,20). The number of carboxylic acids is 1. The first kappa shape index (κ1) is 14.8. The Morgan fingerprint density at radius 2 is 1.52 bits per heavy atom. The van der Waals surface area contributed by atoms with Crippen LogP contribution >= 0.6 is 0 Å². The van der Waals surface area contributed by atoms with E-state index in [0.717, 1.165) is 17.7 Å². The van der Waals surface area contributed by atoms with Gasteiger partial charge < -0.3 is 5.11 Å². The van der Waals surface area contributed by atoms with Gasteiger partial charge in [-0.25, -0.2) is 8.78 Å². The zero-order valence-corrected chi connectivity index (χ0v) is 11.0. The lowest BCUT2D eigenvalue weighted by molar-refractivity contribution is -0.136. The maximum absolute atomic E-state index is 13.5. The monoisotopic (exact) mass is 290 g/mol. The number of hydrogen-bond acceptors (Lipinski definition) is 2. The van der Waals surface area contributed by atoms with Crippen molar-refractivity contribution in [3.05, 3.63) is 70.8 Å². The minimum atomic E-state index is -0.913. The second-order valence-electron chi connectivity index (χ2n) is 4.52. The number of rotatable bonds is 5. The highest BCUT2D eigenvalue weighted by molar-refractivity contribution is 6.09. The Morgan fingerprint density at radius 1 is 0.952 bits per heavy atom. The van der Waals surface area contributed by atoms with Crippen LogP contribution in [0.2, 0.25) is 0 Å². The van der Waals surface area contributed by atoms with E-state index in [0.29, 0.717) is 6.42 Å². The van der Waals surface area contributed by atoms with Crippen molar-refractivity contribution < 1.29 is 23.5 Å². The molecule has 2 rings (SSSR count). The van der Waals surface area contributed by atoms with Crippen molar-refractivity contribution in [3.63, 3.8) is 0 Å². The molecule has 0 heterocycles. The minimum absolute atomic E-state index is 0.0186. The third-order valence-electron chi connectivity index (χ3n) is 3.03. The molecule has 2 aromatic carbocycles. The second kappa shape index (κ2) is 6.26. The lowest BCUT2D eigenvalue weighted by Gasteiger charge is -2.05. The van der Waals surface area contributed by atoms with Crippen LogP contribution in [0.1, 0.15) is 27.9 Å². The molecule has 0 unspecified atom stereocenters. The number of benzene rings is 2. The van der Waals surface area contributed by atoms with E-state index in [1.807, 2.05) is 0 Å². The average molecular weight is 290 g/mol. The summed E-state index contributed by atoms with van der Waals surface area (Å²) in [5.41, 5.74) is 0.303. The van der Waals surface area contributed by atoms with Crippen LogP contribution in [0.4, 0.5) is 8.78 Å². The lowest BCUT2D eigenvalue weighted by Crippen LogP contribution is -2.07. The topological polar surface area (TPSA) is 54.4 Å². The summed E-state index contributed by atoms with van der Waals surface area (Å²) in [5, 5.41) is 8.59. The van der Waals surface area contributed by atoms with Crippen molar-refractivity contribution >= 4 is 11.8 Å². The Balaban J connectivity index is 2.22. The van der Waals surface area contributed by atoms with Crippen LogP contribution in [-0.4, -0.2) is 16.9 Å². The molecule has 2 aromatic rings. The van der Waals surface area contributed by atoms with Gasteiger partial charge in [-0.15, -0.1) is 0 Å². The Morgan fingerprint density at radius 3 is 2.05 bits per heavy atom. The van der Waals surface area contributed by atoms with Gasteiger partial charge in [-0.2, -0.15) is 0 Å². The highest BCUT2D eigenvalue weighted by Crippen LogP contribution is 2.18. The van der Waals surface area contributed by atoms with E-state index in [2.05, 4.69) is 0 Å². The van der Waals surface area contributed by atoms with Gasteiger partial charge in [-0.05, 0) is 24.1 Å². The van der Waals surface area contributed by atoms with Crippen LogP contribution < -0.4 is 0 Å². The Hall–Kier alpha value is -2.56. The number of carbonyl (C=O) groups excluding carboxylic acids is 1. The van der Waals surface area contributed by atoms with Gasteiger partial charge in [0, 0.05) is 12.0 Å². The molecule has 0 spiro atoms. The zero-order valence-electron chi connectivity index (χ0n) is 11.0. The van der Waals surface area contributed by atoms with Crippen LogP contribution in [0.25, 0.3) is 0 Å². The van der Waals surface area contributed by atoms with Crippen molar-refractivity contribution in [2.45, 2.75) is 12.8 Å². The fourth-order valence-corrected chi connectivity index (χ4v) is 1.93. The molecule has 0 aromatic heterocycles. The van der Waals surface area contributed by atoms with E-state index < -0.39 is 29.0 Å². The third-order valence-corrected chi connectivity index (χ3v) is 3.03. The number of hydrogen-bond donors (Lipinski definition) is 1. The summed E-state index contributed by atoms with van der Waals surface area (Å²) < 4.78 is 27.1. The fourth-order valence-electron chi connectivity index (χ4n) is 1.93. The number of halogens is 2. The van der Waals surface area contributed by atoms with Crippen molar-refractivity contribution in [3.8, 4) is 0 Å². The fraction of sp³-hybridized carbons (Fsp3) is 0.125. The van der Waals surface area contributed by atoms with E-state index in [1.54, 1.807) is 12.1 Å². The molecule has 0 fully saturated rings. The Labute approximate surface area is 119 Å². The summed E-state index contributed by atoms with van der Waals surface area (Å²) in [6, 6.07) is 9.27. The molecule has 3 nitrogen and oxygen atoms in total. The largest absolute Gasteiger partial charge is 0.481 e. The predicted octanol–water partition coefficient (Wildman–Crippen LogP) is 3.21. The van der Waals surface area contributed by atoms with Gasteiger partial charge >= 0.3 is 5.97 Å². The average Bonchev–Trinajstić information content (AvgIpc) is 2.45. The highest BCUT2D eigenvalue weighted by Gasteiger charge is 2.18. The number of carbonyl (C=O) groups is 2. The summed E-state index contributed by atoms with van der Waals surface area (Å²) >= 11 is 0. The van der Waals surface area contributed by atoms with Gasteiger partial charge in [0.05, 0.1) is 5.56 Å². The summed E-state index contributed by atoms with van der Waals surface area (Å²) in [6.07, 6.45) is 0.313. The maximum atomic E-state index is 13.5. The van der Waals surface area contributed by atoms with E-state index >= 15 is 0 Å². The molecule has 1 N–H and O–H groups in total. The van der Waals surface area contributed by atoms with Crippen LogP contribution in [0.3, 0.4) is 0 Å². The van der Waals surface area contributed by atoms with Gasteiger partial charge in [-0.3, -0.25) is 9.59 Å². The van der Waals surface area contributed by atoms with Gasteiger partial charge in [0.15, 0.2) is 5.78 Å². The van der Waals surface area contributed by atoms with Gasteiger partial charge in [0.1, 0.15) is 11.6 Å². The normalized spacial score (nSPS) is 10.4. The van der Waals surface area contributed by atoms with E-state index in [1.165, 1.54) is 18.2 Å². The Bertz CT molecular complexity index is 658. The van der Waals surface area contributed by atoms with Gasteiger partial charge in [0.25, 0.3) is 0 Å². The molecule has 0 saturated carbocycles. The quantitative estimate of drug-likeness (QED) is 0.860. The molecule has 0 radical (unpaired) electrons. The van der Waals surface area contributed by atoms with E-state index in [9.17, 15) is 18.4 Å². The molecule has 0 saturated heterocycles. The predicted molar refractivity (Wildman–Crippen MR) is 72.2 cm³/mol. The van der Waals surface area contributed by atoms with Crippen LogP contribution in [0.15, 0.2) is 42.5 Å². The second-order valence-corrected chi connectivity index (χ2v) is 4.52. The zero-order chi connectivity index (χ0) is 15.4. The molecule has 0 aliphatic rings. The summed E-state index contributed by atoms with van der Waals surface area (Å²) in [5.74, 6) is -3.47. The SMILES string of the molecule is O=C(O)CCc1ccc(C(=O)c2c(F)cccc2F)cc1.